The molecule has 1 saturated heterocycles. The molecular formula is C18H31N3O3. The Morgan fingerprint density at radius 2 is 2.17 bits per heavy atom. The fourth-order valence-electron chi connectivity index (χ4n) is 3.16. The van der Waals surface area contributed by atoms with Gasteiger partial charge >= 0.3 is 0 Å². The number of likely N-dealkylation sites (N-methyl/N-ethyl adjacent to an activating group) is 1. The van der Waals surface area contributed by atoms with E-state index in [2.05, 4.69) is 42.8 Å². The van der Waals surface area contributed by atoms with E-state index in [1.54, 1.807) is 6.26 Å². The van der Waals surface area contributed by atoms with Gasteiger partial charge in [-0.25, -0.2) is 0 Å². The van der Waals surface area contributed by atoms with Crippen molar-refractivity contribution in [3.8, 4) is 0 Å². The SMILES string of the molecule is CCN(CC)[C@H](CNC(=O)[C@@H]1CN(C(C)C)CCO1)c1ccco1. The molecule has 1 aromatic rings. The van der Waals surface area contributed by atoms with Crippen LogP contribution in [0.3, 0.4) is 0 Å². The molecule has 1 fully saturated rings. The Morgan fingerprint density at radius 3 is 2.75 bits per heavy atom. The Kier molecular flexibility index (Phi) is 7.27. The summed E-state index contributed by atoms with van der Waals surface area (Å²) in [5, 5.41) is 3.06. The number of hydrogen-bond acceptors (Lipinski definition) is 5. The molecule has 0 aliphatic carbocycles. The topological polar surface area (TPSA) is 58.0 Å². The standard InChI is InChI=1S/C18H31N3O3/c1-5-20(6-2)15(16-8-7-10-23-16)12-19-18(22)17-13-21(14(3)4)9-11-24-17/h7-8,10,14-15,17H,5-6,9,11-13H2,1-4H3,(H,19,22)/t15-,17+/m1/s1. The van der Waals surface area contributed by atoms with Crippen molar-refractivity contribution in [1.29, 1.82) is 0 Å². The molecule has 1 aliphatic rings. The van der Waals surface area contributed by atoms with Crippen LogP contribution in [0.5, 0.6) is 0 Å². The van der Waals surface area contributed by atoms with Crippen LogP contribution in [0.1, 0.15) is 39.5 Å². The number of carbonyl (C=O) groups is 1. The molecule has 136 valence electrons. The van der Waals surface area contributed by atoms with Crippen molar-refractivity contribution in [2.24, 2.45) is 0 Å². The second-order valence-corrected chi connectivity index (χ2v) is 6.45. The monoisotopic (exact) mass is 337 g/mol. The van der Waals surface area contributed by atoms with Gasteiger partial charge in [0.2, 0.25) is 0 Å². The first-order valence-corrected chi connectivity index (χ1v) is 8.97. The third-order valence-electron chi connectivity index (χ3n) is 4.71. The molecule has 0 bridgehead atoms. The summed E-state index contributed by atoms with van der Waals surface area (Å²) in [6, 6.07) is 4.32. The van der Waals surface area contributed by atoms with Crippen LogP contribution >= 0.6 is 0 Å². The average molecular weight is 337 g/mol. The van der Waals surface area contributed by atoms with Crippen LogP contribution in [-0.4, -0.2) is 67.2 Å². The summed E-state index contributed by atoms with van der Waals surface area (Å²) in [6.07, 6.45) is 1.29. The highest BCUT2D eigenvalue weighted by molar-refractivity contribution is 5.81. The summed E-state index contributed by atoms with van der Waals surface area (Å²) in [4.78, 5) is 17.1. The zero-order valence-corrected chi connectivity index (χ0v) is 15.3. The second-order valence-electron chi connectivity index (χ2n) is 6.45. The summed E-state index contributed by atoms with van der Waals surface area (Å²) >= 11 is 0. The highest BCUT2D eigenvalue weighted by Gasteiger charge is 2.29. The van der Waals surface area contributed by atoms with Gasteiger partial charge in [-0.1, -0.05) is 13.8 Å². The van der Waals surface area contributed by atoms with Gasteiger partial charge in [0.05, 0.1) is 18.9 Å². The maximum absolute atomic E-state index is 12.5. The van der Waals surface area contributed by atoms with Crippen molar-refractivity contribution in [2.45, 2.75) is 45.9 Å². The second kappa shape index (κ2) is 9.20. The lowest BCUT2D eigenvalue weighted by Crippen LogP contribution is -2.52. The van der Waals surface area contributed by atoms with Gasteiger partial charge < -0.3 is 14.5 Å². The average Bonchev–Trinajstić information content (AvgIpc) is 3.12. The molecule has 1 N–H and O–H groups in total. The first kappa shape index (κ1) is 19.0. The number of amides is 1. The Bertz CT molecular complexity index is 486. The Labute approximate surface area is 145 Å². The van der Waals surface area contributed by atoms with E-state index >= 15 is 0 Å². The molecule has 0 unspecified atom stereocenters. The fraction of sp³-hybridized carbons (Fsp3) is 0.722. The highest BCUT2D eigenvalue weighted by Crippen LogP contribution is 2.20. The van der Waals surface area contributed by atoms with E-state index in [9.17, 15) is 4.79 Å². The summed E-state index contributed by atoms with van der Waals surface area (Å²) in [5.74, 6) is 0.844. The van der Waals surface area contributed by atoms with Gasteiger partial charge in [0.25, 0.3) is 5.91 Å². The Hall–Kier alpha value is -1.37. The zero-order chi connectivity index (χ0) is 17.5. The summed E-state index contributed by atoms with van der Waals surface area (Å²) < 4.78 is 11.2. The summed E-state index contributed by atoms with van der Waals surface area (Å²) in [7, 11) is 0. The first-order valence-electron chi connectivity index (χ1n) is 8.97. The number of rotatable bonds is 8. The normalized spacial score (nSPS) is 20.5. The Morgan fingerprint density at radius 1 is 1.42 bits per heavy atom. The molecule has 6 nitrogen and oxygen atoms in total. The Balaban J connectivity index is 1.94. The summed E-state index contributed by atoms with van der Waals surface area (Å²) in [6.45, 7) is 13.0. The van der Waals surface area contributed by atoms with Gasteiger partial charge in [-0.3, -0.25) is 14.6 Å². The van der Waals surface area contributed by atoms with E-state index in [0.717, 1.165) is 25.4 Å². The van der Waals surface area contributed by atoms with Crippen molar-refractivity contribution in [3.63, 3.8) is 0 Å². The van der Waals surface area contributed by atoms with Crippen LogP contribution in [0.15, 0.2) is 22.8 Å². The number of morpholine rings is 1. The molecule has 1 amide bonds. The van der Waals surface area contributed by atoms with Crippen LogP contribution in [0.25, 0.3) is 0 Å². The minimum absolute atomic E-state index is 0.0379. The molecule has 2 atom stereocenters. The number of ether oxygens (including phenoxy) is 1. The first-order chi connectivity index (χ1) is 11.6. The molecular weight excluding hydrogens is 306 g/mol. The quantitative estimate of drug-likeness (QED) is 0.785. The van der Waals surface area contributed by atoms with Crippen LogP contribution in [0.2, 0.25) is 0 Å². The van der Waals surface area contributed by atoms with E-state index in [-0.39, 0.29) is 11.9 Å². The van der Waals surface area contributed by atoms with E-state index < -0.39 is 6.10 Å². The smallest absolute Gasteiger partial charge is 0.250 e. The van der Waals surface area contributed by atoms with Gasteiger partial charge in [0.15, 0.2) is 0 Å². The maximum atomic E-state index is 12.5. The predicted molar refractivity (Wildman–Crippen MR) is 93.8 cm³/mol. The minimum Gasteiger partial charge on any atom is -0.468 e. The van der Waals surface area contributed by atoms with Crippen LogP contribution in [0.4, 0.5) is 0 Å². The zero-order valence-electron chi connectivity index (χ0n) is 15.3. The van der Waals surface area contributed by atoms with Crippen LogP contribution in [0, 0.1) is 0 Å². The summed E-state index contributed by atoms with van der Waals surface area (Å²) in [5.41, 5.74) is 0. The number of hydrogen-bond donors (Lipinski definition) is 1. The lowest BCUT2D eigenvalue weighted by molar-refractivity contribution is -0.139. The van der Waals surface area contributed by atoms with Gasteiger partial charge in [-0.05, 0) is 39.1 Å². The molecule has 2 heterocycles. The van der Waals surface area contributed by atoms with E-state index in [1.165, 1.54) is 0 Å². The largest absolute Gasteiger partial charge is 0.468 e. The number of nitrogens with one attached hydrogen (secondary N) is 1. The van der Waals surface area contributed by atoms with Crippen molar-refractivity contribution in [3.05, 3.63) is 24.2 Å². The molecule has 6 heteroatoms. The van der Waals surface area contributed by atoms with E-state index in [1.807, 2.05) is 12.1 Å². The lowest BCUT2D eigenvalue weighted by atomic mass is 10.1. The molecule has 1 aliphatic heterocycles. The maximum Gasteiger partial charge on any atom is 0.250 e. The number of nitrogens with zero attached hydrogens (tertiary/aromatic N) is 2. The van der Waals surface area contributed by atoms with Crippen molar-refractivity contribution >= 4 is 5.91 Å². The highest BCUT2D eigenvalue weighted by atomic mass is 16.5. The molecule has 24 heavy (non-hydrogen) atoms. The third kappa shape index (κ3) is 4.82. The molecule has 1 aromatic heterocycles. The van der Waals surface area contributed by atoms with Gasteiger partial charge in [0.1, 0.15) is 11.9 Å². The fourth-order valence-corrected chi connectivity index (χ4v) is 3.16. The van der Waals surface area contributed by atoms with E-state index in [0.29, 0.717) is 25.7 Å². The number of furan rings is 1. The number of carbonyl (C=O) groups excluding carboxylic acids is 1. The molecule has 0 aromatic carbocycles. The molecule has 0 spiro atoms. The van der Waals surface area contributed by atoms with Crippen molar-refractivity contribution < 1.29 is 13.9 Å². The minimum atomic E-state index is -0.393. The third-order valence-corrected chi connectivity index (χ3v) is 4.71. The van der Waals surface area contributed by atoms with Crippen LogP contribution < -0.4 is 5.32 Å². The van der Waals surface area contributed by atoms with Gasteiger partial charge in [0, 0.05) is 25.7 Å². The molecule has 0 radical (unpaired) electrons. The molecule has 0 saturated carbocycles. The van der Waals surface area contributed by atoms with Gasteiger partial charge in [-0.2, -0.15) is 0 Å². The van der Waals surface area contributed by atoms with Gasteiger partial charge in [-0.15, -0.1) is 0 Å². The lowest BCUT2D eigenvalue weighted by Gasteiger charge is -2.35. The van der Waals surface area contributed by atoms with Crippen LogP contribution in [-0.2, 0) is 9.53 Å². The van der Waals surface area contributed by atoms with Crippen molar-refractivity contribution in [2.75, 3.05) is 39.3 Å². The molecule has 2 rings (SSSR count). The van der Waals surface area contributed by atoms with E-state index in [4.69, 9.17) is 9.15 Å². The van der Waals surface area contributed by atoms with Crippen molar-refractivity contribution in [1.82, 2.24) is 15.1 Å². The predicted octanol–water partition coefficient (Wildman–Crippen LogP) is 1.89.